The van der Waals surface area contributed by atoms with E-state index in [1.54, 1.807) is 6.07 Å². The van der Waals surface area contributed by atoms with Crippen LogP contribution in [0.5, 0.6) is 5.75 Å². The second-order valence-corrected chi connectivity index (χ2v) is 5.15. The summed E-state index contributed by atoms with van der Waals surface area (Å²) in [5, 5.41) is 30.5. The van der Waals surface area contributed by atoms with Crippen molar-refractivity contribution < 1.29 is 10.0 Å². The van der Waals surface area contributed by atoms with Crippen molar-refractivity contribution in [2.75, 3.05) is 0 Å². The summed E-state index contributed by atoms with van der Waals surface area (Å²) in [7, 11) is 0. The molecule has 0 aliphatic carbocycles. The Morgan fingerprint density at radius 3 is 2.57 bits per heavy atom. The van der Waals surface area contributed by atoms with E-state index in [1.807, 2.05) is 24.3 Å². The zero-order chi connectivity index (χ0) is 16.4. The van der Waals surface area contributed by atoms with Gasteiger partial charge in [-0.1, -0.05) is 41.9 Å². The number of fused-ring (bicyclic) bond motifs is 1. The highest BCUT2D eigenvalue weighted by Crippen LogP contribution is 2.37. The molecule has 0 radical (unpaired) electrons. The molecule has 0 spiro atoms. The number of aromatic hydroxyl groups is 1. The molecular weight excluding hydrogens is 318 g/mol. The molecule has 7 heteroatoms. The maximum Gasteiger partial charge on any atom is 0.271 e. The van der Waals surface area contributed by atoms with Gasteiger partial charge < -0.3 is 5.11 Å². The summed E-state index contributed by atoms with van der Waals surface area (Å²) in [6.45, 7) is 0. The number of benzene rings is 3. The van der Waals surface area contributed by atoms with Crippen molar-refractivity contribution in [3.8, 4) is 5.75 Å². The lowest BCUT2D eigenvalue weighted by Gasteiger charge is -2.03. The van der Waals surface area contributed by atoms with Gasteiger partial charge in [0.1, 0.15) is 17.1 Å². The number of halogens is 1. The molecule has 0 aliphatic heterocycles. The first-order chi connectivity index (χ1) is 11.1. The number of nitrogens with zero attached hydrogens (tertiary/aromatic N) is 3. The number of azo groups is 1. The standard InChI is InChI=1S/C16H10ClN3O3/c17-13-9-11(20(22)23)6-7-14(13)18-19-16-12-4-2-1-3-10(12)5-8-15(16)21/h1-9,21H/b19-18+. The van der Waals surface area contributed by atoms with Gasteiger partial charge in [-0.3, -0.25) is 10.1 Å². The molecule has 0 saturated heterocycles. The number of rotatable bonds is 3. The van der Waals surface area contributed by atoms with E-state index in [1.165, 1.54) is 24.3 Å². The number of nitro benzene ring substituents is 1. The van der Waals surface area contributed by atoms with Crippen LogP contribution in [0.15, 0.2) is 64.8 Å². The van der Waals surface area contributed by atoms with Gasteiger partial charge >= 0.3 is 0 Å². The largest absolute Gasteiger partial charge is 0.506 e. The molecule has 6 nitrogen and oxygen atoms in total. The molecule has 0 heterocycles. The van der Waals surface area contributed by atoms with Gasteiger partial charge in [-0.05, 0) is 17.5 Å². The summed E-state index contributed by atoms with van der Waals surface area (Å²) >= 11 is 5.98. The lowest BCUT2D eigenvalue weighted by atomic mass is 10.1. The highest BCUT2D eigenvalue weighted by Gasteiger charge is 2.10. The van der Waals surface area contributed by atoms with Gasteiger partial charge in [0.2, 0.25) is 0 Å². The topological polar surface area (TPSA) is 88.1 Å². The fourth-order valence-corrected chi connectivity index (χ4v) is 2.36. The normalized spacial score (nSPS) is 11.2. The fourth-order valence-electron chi connectivity index (χ4n) is 2.14. The average Bonchev–Trinajstić information content (AvgIpc) is 2.55. The van der Waals surface area contributed by atoms with Crippen molar-refractivity contribution in [1.29, 1.82) is 0 Å². The summed E-state index contributed by atoms with van der Waals surface area (Å²) in [6.07, 6.45) is 0. The van der Waals surface area contributed by atoms with Crippen molar-refractivity contribution in [2.45, 2.75) is 0 Å². The third-order valence-corrected chi connectivity index (χ3v) is 3.58. The lowest BCUT2D eigenvalue weighted by Crippen LogP contribution is -1.86. The third-order valence-electron chi connectivity index (χ3n) is 3.28. The molecule has 23 heavy (non-hydrogen) atoms. The molecule has 0 bridgehead atoms. The Morgan fingerprint density at radius 2 is 1.83 bits per heavy atom. The Morgan fingerprint density at radius 1 is 1.04 bits per heavy atom. The van der Waals surface area contributed by atoms with Gasteiger partial charge in [-0.2, -0.15) is 0 Å². The Labute approximate surface area is 135 Å². The van der Waals surface area contributed by atoms with Gasteiger partial charge in [0.15, 0.2) is 0 Å². The average molecular weight is 328 g/mol. The minimum atomic E-state index is -0.538. The van der Waals surface area contributed by atoms with Crippen LogP contribution >= 0.6 is 11.6 Å². The lowest BCUT2D eigenvalue weighted by molar-refractivity contribution is -0.384. The molecular formula is C16H10ClN3O3. The Balaban J connectivity index is 2.04. The molecule has 0 aromatic heterocycles. The minimum absolute atomic E-state index is 0.00881. The number of nitro groups is 1. The van der Waals surface area contributed by atoms with Crippen LogP contribution in [0.4, 0.5) is 17.1 Å². The van der Waals surface area contributed by atoms with Crippen LogP contribution in [0.3, 0.4) is 0 Å². The van der Waals surface area contributed by atoms with E-state index in [-0.39, 0.29) is 22.1 Å². The summed E-state index contributed by atoms with van der Waals surface area (Å²) < 4.78 is 0. The summed E-state index contributed by atoms with van der Waals surface area (Å²) in [5.41, 5.74) is 0.476. The van der Waals surface area contributed by atoms with Gasteiger partial charge in [0, 0.05) is 17.5 Å². The van der Waals surface area contributed by atoms with Crippen molar-refractivity contribution in [2.24, 2.45) is 10.2 Å². The van der Waals surface area contributed by atoms with E-state index in [4.69, 9.17) is 11.6 Å². The van der Waals surface area contributed by atoms with Crippen LogP contribution in [0.1, 0.15) is 0 Å². The predicted octanol–water partition coefficient (Wildman–Crippen LogP) is 5.52. The Bertz CT molecular complexity index is 941. The van der Waals surface area contributed by atoms with Crippen LogP contribution in [0, 0.1) is 10.1 Å². The maximum absolute atomic E-state index is 10.7. The van der Waals surface area contributed by atoms with Crippen molar-refractivity contribution in [3.05, 3.63) is 69.7 Å². The summed E-state index contributed by atoms with van der Waals surface area (Å²) in [6, 6.07) is 14.7. The maximum atomic E-state index is 10.7. The molecule has 3 rings (SSSR count). The fraction of sp³-hybridized carbons (Fsp3) is 0. The summed E-state index contributed by atoms with van der Waals surface area (Å²) in [5.74, 6) is -0.00881. The SMILES string of the molecule is O=[N+]([O-])c1ccc(/N=N/c2c(O)ccc3ccccc23)c(Cl)c1. The smallest absolute Gasteiger partial charge is 0.271 e. The van der Waals surface area contributed by atoms with Crippen LogP contribution < -0.4 is 0 Å². The molecule has 3 aromatic rings. The second kappa shape index (κ2) is 6.02. The number of phenols is 1. The van der Waals surface area contributed by atoms with Crippen molar-refractivity contribution in [1.82, 2.24) is 0 Å². The van der Waals surface area contributed by atoms with Crippen molar-refractivity contribution in [3.63, 3.8) is 0 Å². The van der Waals surface area contributed by atoms with E-state index in [2.05, 4.69) is 10.2 Å². The minimum Gasteiger partial charge on any atom is -0.506 e. The quantitative estimate of drug-likeness (QED) is 0.390. The van der Waals surface area contributed by atoms with Crippen LogP contribution in [-0.4, -0.2) is 10.0 Å². The molecule has 1 N–H and O–H groups in total. The molecule has 0 saturated carbocycles. The molecule has 0 aliphatic rings. The molecule has 0 amide bonds. The number of hydrogen-bond acceptors (Lipinski definition) is 5. The van der Waals surface area contributed by atoms with E-state index in [0.29, 0.717) is 5.69 Å². The molecule has 114 valence electrons. The highest BCUT2D eigenvalue weighted by atomic mass is 35.5. The van der Waals surface area contributed by atoms with Gasteiger partial charge in [0.25, 0.3) is 5.69 Å². The molecule has 0 unspecified atom stereocenters. The van der Waals surface area contributed by atoms with E-state index in [0.717, 1.165) is 10.8 Å². The highest BCUT2D eigenvalue weighted by molar-refractivity contribution is 6.33. The number of hydrogen-bond donors (Lipinski definition) is 1. The first kappa shape index (κ1) is 14.9. The van der Waals surface area contributed by atoms with E-state index < -0.39 is 4.92 Å². The van der Waals surface area contributed by atoms with Crippen molar-refractivity contribution >= 4 is 39.4 Å². The van der Waals surface area contributed by atoms with Gasteiger partial charge in [-0.25, -0.2) is 0 Å². The van der Waals surface area contributed by atoms with E-state index in [9.17, 15) is 15.2 Å². The van der Waals surface area contributed by atoms with E-state index >= 15 is 0 Å². The zero-order valence-electron chi connectivity index (χ0n) is 11.7. The van der Waals surface area contributed by atoms with Gasteiger partial charge in [0.05, 0.1) is 9.95 Å². The molecule has 0 fully saturated rings. The monoisotopic (exact) mass is 327 g/mol. The van der Waals surface area contributed by atoms with Crippen LogP contribution in [-0.2, 0) is 0 Å². The van der Waals surface area contributed by atoms with Gasteiger partial charge in [-0.15, -0.1) is 10.2 Å². The first-order valence-electron chi connectivity index (χ1n) is 6.62. The molecule has 3 aromatic carbocycles. The van der Waals surface area contributed by atoms with Crippen LogP contribution in [0.25, 0.3) is 10.8 Å². The third kappa shape index (κ3) is 2.97. The Kier molecular flexibility index (Phi) is 3.91. The number of non-ortho nitro benzene ring substituents is 1. The molecule has 0 atom stereocenters. The summed E-state index contributed by atoms with van der Waals surface area (Å²) in [4.78, 5) is 10.2. The number of phenolic OH excluding ortho intramolecular Hbond substituents is 1. The zero-order valence-corrected chi connectivity index (χ0v) is 12.4. The first-order valence-corrected chi connectivity index (χ1v) is 7.00. The van der Waals surface area contributed by atoms with Crippen LogP contribution in [0.2, 0.25) is 5.02 Å². The Hall–Kier alpha value is -2.99. The predicted molar refractivity (Wildman–Crippen MR) is 87.9 cm³/mol. The second-order valence-electron chi connectivity index (χ2n) is 4.75.